The molecule has 5 nitrogen and oxygen atoms in total. The number of hydrogen-bond acceptors (Lipinski definition) is 5. The lowest BCUT2D eigenvalue weighted by molar-refractivity contribution is -0.0383. The summed E-state index contributed by atoms with van der Waals surface area (Å²) in [7, 11) is 2.83. The van der Waals surface area contributed by atoms with Crippen molar-refractivity contribution in [2.45, 2.75) is 13.2 Å². The molecule has 0 bridgehead atoms. The molecule has 0 aliphatic carbocycles. The summed E-state index contributed by atoms with van der Waals surface area (Å²) in [5.74, 6) is 0.0111. The van der Waals surface area contributed by atoms with Gasteiger partial charge in [0.05, 0.1) is 12.7 Å². The smallest absolute Gasteiger partial charge is 0.340 e. The van der Waals surface area contributed by atoms with Gasteiger partial charge in [-0.15, -0.1) is 0 Å². The van der Waals surface area contributed by atoms with Crippen LogP contribution in [-0.4, -0.2) is 26.5 Å². The van der Waals surface area contributed by atoms with E-state index >= 15 is 0 Å². The first-order chi connectivity index (χ1) is 7.58. The van der Waals surface area contributed by atoms with Gasteiger partial charge in [-0.3, -0.25) is 0 Å². The molecule has 5 heteroatoms. The van der Waals surface area contributed by atoms with Crippen molar-refractivity contribution in [1.82, 2.24) is 0 Å². The van der Waals surface area contributed by atoms with Gasteiger partial charge < -0.3 is 19.9 Å². The molecule has 1 aromatic rings. The number of carbonyl (C=O) groups is 1. The molecule has 0 amide bonds. The lowest BCUT2D eigenvalue weighted by atomic mass is 10.2. The third-order valence-electron chi connectivity index (χ3n) is 2.06. The summed E-state index contributed by atoms with van der Waals surface area (Å²) < 4.78 is 14.9. The average molecular weight is 225 g/mol. The molecule has 0 aromatic heterocycles. The Balaban J connectivity index is 2.93. The van der Waals surface area contributed by atoms with Gasteiger partial charge in [0.25, 0.3) is 0 Å². The van der Waals surface area contributed by atoms with E-state index in [0.717, 1.165) is 0 Å². The minimum absolute atomic E-state index is 0.281. The van der Waals surface area contributed by atoms with Crippen molar-refractivity contribution >= 4 is 11.7 Å². The maximum absolute atomic E-state index is 11.4. The van der Waals surface area contributed by atoms with Crippen LogP contribution in [0.2, 0.25) is 0 Å². The van der Waals surface area contributed by atoms with Crippen LogP contribution in [0.15, 0.2) is 18.2 Å². The van der Waals surface area contributed by atoms with Gasteiger partial charge in [-0.2, -0.15) is 0 Å². The van der Waals surface area contributed by atoms with Crippen LogP contribution in [0.25, 0.3) is 0 Å². The minimum Gasteiger partial charge on any atom is -0.465 e. The Morgan fingerprint density at radius 1 is 1.38 bits per heavy atom. The topological polar surface area (TPSA) is 70.8 Å². The fourth-order valence-corrected chi connectivity index (χ4v) is 1.14. The monoisotopic (exact) mass is 225 g/mol. The van der Waals surface area contributed by atoms with E-state index in [2.05, 4.69) is 4.74 Å². The fourth-order valence-electron chi connectivity index (χ4n) is 1.14. The largest absolute Gasteiger partial charge is 0.465 e. The lowest BCUT2D eigenvalue weighted by Crippen LogP contribution is -2.14. The van der Waals surface area contributed by atoms with E-state index in [9.17, 15) is 4.79 Å². The van der Waals surface area contributed by atoms with Crippen LogP contribution in [-0.2, 0) is 9.47 Å². The SMILES string of the molecule is COC(=O)c1cc(OC(C)OC)ccc1N. The van der Waals surface area contributed by atoms with Crippen molar-refractivity contribution < 1.29 is 19.0 Å². The molecule has 0 aliphatic rings. The molecule has 88 valence electrons. The summed E-state index contributed by atoms with van der Waals surface area (Å²) in [6, 6.07) is 4.78. The highest BCUT2D eigenvalue weighted by Crippen LogP contribution is 2.21. The fraction of sp³-hybridized carbons (Fsp3) is 0.364. The molecular weight excluding hydrogens is 210 g/mol. The third-order valence-corrected chi connectivity index (χ3v) is 2.06. The van der Waals surface area contributed by atoms with Gasteiger partial charge in [0.15, 0.2) is 6.29 Å². The second-order valence-corrected chi connectivity index (χ2v) is 3.16. The van der Waals surface area contributed by atoms with Crippen molar-refractivity contribution in [2.75, 3.05) is 20.0 Å². The zero-order valence-corrected chi connectivity index (χ0v) is 9.52. The number of nitrogens with two attached hydrogens (primary N) is 1. The number of methoxy groups -OCH3 is 2. The van der Waals surface area contributed by atoms with Gasteiger partial charge in [0.2, 0.25) is 0 Å². The van der Waals surface area contributed by atoms with Gasteiger partial charge in [0.1, 0.15) is 5.75 Å². The third kappa shape index (κ3) is 2.87. The molecule has 0 aliphatic heterocycles. The van der Waals surface area contributed by atoms with Crippen molar-refractivity contribution in [3.63, 3.8) is 0 Å². The summed E-state index contributed by atoms with van der Waals surface area (Å²) in [4.78, 5) is 11.4. The van der Waals surface area contributed by atoms with E-state index in [1.54, 1.807) is 19.1 Å². The van der Waals surface area contributed by atoms with E-state index < -0.39 is 12.3 Å². The standard InChI is InChI=1S/C11H15NO4/c1-7(14-2)16-8-4-5-10(12)9(6-8)11(13)15-3/h4-7H,12H2,1-3H3. The molecule has 1 unspecified atom stereocenters. The van der Waals surface area contributed by atoms with E-state index in [-0.39, 0.29) is 5.56 Å². The Hall–Kier alpha value is -1.75. The van der Waals surface area contributed by atoms with Gasteiger partial charge in [-0.25, -0.2) is 4.79 Å². The first-order valence-corrected chi connectivity index (χ1v) is 4.75. The van der Waals surface area contributed by atoms with Crippen molar-refractivity contribution in [2.24, 2.45) is 0 Å². The number of carbonyl (C=O) groups excluding carboxylic acids is 1. The molecule has 0 fully saturated rings. The number of nitrogen functional groups attached to an aromatic ring is 1. The molecule has 0 radical (unpaired) electrons. The van der Waals surface area contributed by atoms with Crippen LogP contribution < -0.4 is 10.5 Å². The van der Waals surface area contributed by atoms with Crippen LogP contribution in [0.4, 0.5) is 5.69 Å². The summed E-state index contributed by atoms with van der Waals surface area (Å²) in [6.07, 6.45) is -0.394. The quantitative estimate of drug-likeness (QED) is 0.477. The number of benzene rings is 1. The summed E-state index contributed by atoms with van der Waals surface area (Å²) in [6.45, 7) is 1.74. The molecule has 0 saturated carbocycles. The number of esters is 1. The summed E-state index contributed by atoms with van der Waals surface area (Å²) >= 11 is 0. The number of anilines is 1. The molecule has 1 aromatic carbocycles. The zero-order chi connectivity index (χ0) is 12.1. The van der Waals surface area contributed by atoms with Crippen molar-refractivity contribution in [3.8, 4) is 5.75 Å². The molecule has 16 heavy (non-hydrogen) atoms. The van der Waals surface area contributed by atoms with Gasteiger partial charge in [-0.05, 0) is 25.1 Å². The molecule has 2 N–H and O–H groups in total. The van der Waals surface area contributed by atoms with Crippen LogP contribution in [0.1, 0.15) is 17.3 Å². The van der Waals surface area contributed by atoms with Crippen LogP contribution >= 0.6 is 0 Å². The Morgan fingerprint density at radius 3 is 2.62 bits per heavy atom. The van der Waals surface area contributed by atoms with Crippen LogP contribution in [0, 0.1) is 0 Å². The van der Waals surface area contributed by atoms with Crippen molar-refractivity contribution in [3.05, 3.63) is 23.8 Å². The molecule has 0 spiro atoms. The Kier molecular flexibility index (Phi) is 4.13. The highest BCUT2D eigenvalue weighted by atomic mass is 16.7. The summed E-state index contributed by atoms with van der Waals surface area (Å²) in [5.41, 5.74) is 6.27. The molecule has 0 heterocycles. The molecule has 1 atom stereocenters. The lowest BCUT2D eigenvalue weighted by Gasteiger charge is -2.13. The number of rotatable bonds is 4. The first-order valence-electron chi connectivity index (χ1n) is 4.75. The predicted molar refractivity (Wildman–Crippen MR) is 59.3 cm³/mol. The highest BCUT2D eigenvalue weighted by Gasteiger charge is 2.12. The maximum atomic E-state index is 11.4. The van der Waals surface area contributed by atoms with Crippen LogP contribution in [0.5, 0.6) is 5.75 Å². The first kappa shape index (κ1) is 12.3. The normalized spacial score (nSPS) is 11.9. The van der Waals surface area contributed by atoms with Gasteiger partial charge in [0, 0.05) is 12.8 Å². The minimum atomic E-state index is -0.493. The zero-order valence-electron chi connectivity index (χ0n) is 9.52. The van der Waals surface area contributed by atoms with E-state index in [1.807, 2.05) is 0 Å². The number of hydrogen-bond donors (Lipinski definition) is 1. The Bertz CT molecular complexity index is 378. The second kappa shape index (κ2) is 5.37. The molecule has 1 rings (SSSR count). The molecular formula is C11H15NO4. The summed E-state index contributed by atoms with van der Waals surface area (Å²) in [5, 5.41) is 0. The van der Waals surface area contributed by atoms with E-state index in [4.69, 9.17) is 15.2 Å². The Morgan fingerprint density at radius 2 is 2.06 bits per heavy atom. The van der Waals surface area contributed by atoms with Crippen molar-refractivity contribution in [1.29, 1.82) is 0 Å². The van der Waals surface area contributed by atoms with E-state index in [0.29, 0.717) is 11.4 Å². The van der Waals surface area contributed by atoms with E-state index in [1.165, 1.54) is 20.3 Å². The van der Waals surface area contributed by atoms with Gasteiger partial charge in [-0.1, -0.05) is 0 Å². The second-order valence-electron chi connectivity index (χ2n) is 3.16. The highest BCUT2D eigenvalue weighted by molar-refractivity contribution is 5.95. The van der Waals surface area contributed by atoms with Crippen LogP contribution in [0.3, 0.4) is 0 Å². The predicted octanol–water partition coefficient (Wildman–Crippen LogP) is 1.43. The van der Waals surface area contributed by atoms with Gasteiger partial charge >= 0.3 is 5.97 Å². The maximum Gasteiger partial charge on any atom is 0.340 e. The number of ether oxygens (including phenoxy) is 3. The molecule has 0 saturated heterocycles. The Labute approximate surface area is 94.1 Å². The average Bonchev–Trinajstić information content (AvgIpc) is 2.30.